The lowest BCUT2D eigenvalue weighted by molar-refractivity contribution is 0.408. The van der Waals surface area contributed by atoms with E-state index in [1.807, 2.05) is 12.3 Å². The molecule has 5 nitrogen and oxygen atoms in total. The van der Waals surface area contributed by atoms with Gasteiger partial charge in [-0.3, -0.25) is 0 Å². The highest BCUT2D eigenvalue weighted by molar-refractivity contribution is 5.97. The van der Waals surface area contributed by atoms with E-state index in [9.17, 15) is 0 Å². The van der Waals surface area contributed by atoms with Crippen molar-refractivity contribution in [3.63, 3.8) is 0 Å². The van der Waals surface area contributed by atoms with Crippen LogP contribution in [0.15, 0.2) is 67.0 Å². The molecule has 1 aliphatic rings. The Kier molecular flexibility index (Phi) is 4.97. The zero-order valence-electron chi connectivity index (χ0n) is 17.3. The second-order valence-corrected chi connectivity index (χ2v) is 8.26. The molecule has 2 aromatic carbocycles. The first-order valence-electron chi connectivity index (χ1n) is 10.7. The van der Waals surface area contributed by atoms with Gasteiger partial charge in [0.2, 0.25) is 5.95 Å². The number of para-hydroxylation sites is 2. The molecule has 0 saturated heterocycles. The molecule has 4 aromatic rings. The fourth-order valence-electron chi connectivity index (χ4n) is 4.50. The van der Waals surface area contributed by atoms with E-state index >= 15 is 0 Å². The Morgan fingerprint density at radius 2 is 1.83 bits per heavy atom. The van der Waals surface area contributed by atoms with Crippen LogP contribution < -0.4 is 11.1 Å². The summed E-state index contributed by atoms with van der Waals surface area (Å²) < 4.78 is 2.24. The molecule has 0 aliphatic heterocycles. The molecule has 3 N–H and O–H groups in total. The van der Waals surface area contributed by atoms with E-state index in [0.717, 1.165) is 48.2 Å². The summed E-state index contributed by atoms with van der Waals surface area (Å²) in [6.07, 6.45) is 8.46. The van der Waals surface area contributed by atoms with Crippen molar-refractivity contribution in [2.75, 3.05) is 5.32 Å². The molecule has 1 aliphatic carbocycles. The van der Waals surface area contributed by atoms with Gasteiger partial charge in [0.15, 0.2) is 0 Å². The molecule has 0 amide bonds. The summed E-state index contributed by atoms with van der Waals surface area (Å²) in [7, 11) is 0. The Hall–Kier alpha value is -3.18. The first kappa shape index (κ1) is 18.8. The Balaban J connectivity index is 1.57. The number of aryl methyl sites for hydroxylation is 1. The van der Waals surface area contributed by atoms with Gasteiger partial charge in [-0.05, 0) is 56.4 Å². The highest BCUT2D eigenvalue weighted by atomic mass is 15.1. The van der Waals surface area contributed by atoms with Crippen LogP contribution in [0.25, 0.3) is 27.8 Å². The maximum absolute atomic E-state index is 6.16. The molecule has 30 heavy (non-hydrogen) atoms. The number of nitrogens with zero attached hydrogens (tertiary/aromatic N) is 3. The minimum atomic E-state index is 0.269. The Morgan fingerprint density at radius 3 is 2.67 bits per heavy atom. The van der Waals surface area contributed by atoms with Crippen LogP contribution in [0.3, 0.4) is 0 Å². The van der Waals surface area contributed by atoms with Gasteiger partial charge in [-0.2, -0.15) is 0 Å². The fraction of sp³-hybridized carbons (Fsp3) is 0.280. The quantitative estimate of drug-likeness (QED) is 0.504. The predicted molar refractivity (Wildman–Crippen MR) is 123 cm³/mol. The summed E-state index contributed by atoms with van der Waals surface area (Å²) in [5.74, 6) is 0.686. The van der Waals surface area contributed by atoms with Crippen LogP contribution in [-0.4, -0.2) is 26.6 Å². The molecule has 0 spiro atoms. The third kappa shape index (κ3) is 3.57. The number of rotatable bonds is 4. The molecule has 0 unspecified atom stereocenters. The van der Waals surface area contributed by atoms with Crippen molar-refractivity contribution in [1.82, 2.24) is 14.5 Å². The maximum atomic E-state index is 6.16. The lowest BCUT2D eigenvalue weighted by Crippen LogP contribution is -2.35. The maximum Gasteiger partial charge on any atom is 0.223 e. The van der Waals surface area contributed by atoms with Crippen molar-refractivity contribution >= 4 is 16.9 Å². The van der Waals surface area contributed by atoms with Gasteiger partial charge in [0, 0.05) is 41.1 Å². The summed E-state index contributed by atoms with van der Waals surface area (Å²) in [5, 5.41) is 4.71. The van der Waals surface area contributed by atoms with E-state index in [2.05, 4.69) is 76.5 Å². The van der Waals surface area contributed by atoms with Crippen LogP contribution in [0.5, 0.6) is 0 Å². The zero-order chi connectivity index (χ0) is 20.5. The number of nitrogens with one attached hydrogen (secondary N) is 1. The van der Waals surface area contributed by atoms with Crippen LogP contribution in [-0.2, 0) is 0 Å². The molecule has 2 aromatic heterocycles. The average Bonchev–Trinajstić information content (AvgIpc) is 3.15. The van der Waals surface area contributed by atoms with Gasteiger partial charge in [0.25, 0.3) is 0 Å². The molecule has 1 fully saturated rings. The van der Waals surface area contributed by atoms with Crippen LogP contribution in [0.1, 0.15) is 31.2 Å². The molecular formula is C25H27N5. The van der Waals surface area contributed by atoms with Gasteiger partial charge >= 0.3 is 0 Å². The average molecular weight is 398 g/mol. The van der Waals surface area contributed by atoms with E-state index in [1.54, 1.807) is 0 Å². The molecule has 2 atom stereocenters. The van der Waals surface area contributed by atoms with Gasteiger partial charge in [-0.25, -0.2) is 9.97 Å². The number of fused-ring (bicyclic) bond motifs is 1. The lowest BCUT2D eigenvalue weighted by Gasteiger charge is -2.27. The highest BCUT2D eigenvalue weighted by Gasteiger charge is 2.21. The second-order valence-electron chi connectivity index (χ2n) is 8.26. The molecule has 5 heteroatoms. The molecular weight excluding hydrogens is 370 g/mol. The molecule has 1 saturated carbocycles. The third-order valence-corrected chi connectivity index (χ3v) is 6.02. The van der Waals surface area contributed by atoms with Crippen molar-refractivity contribution in [2.24, 2.45) is 5.73 Å². The number of hydrogen-bond acceptors (Lipinski definition) is 4. The number of hydrogen-bond donors (Lipinski definition) is 2. The van der Waals surface area contributed by atoms with E-state index in [0.29, 0.717) is 12.0 Å². The fourth-order valence-corrected chi connectivity index (χ4v) is 4.50. The summed E-state index contributed by atoms with van der Waals surface area (Å²) in [6, 6.07) is 19.5. The number of anilines is 1. The Morgan fingerprint density at radius 1 is 1.03 bits per heavy atom. The number of benzene rings is 2. The summed E-state index contributed by atoms with van der Waals surface area (Å²) in [6.45, 7) is 2.07. The van der Waals surface area contributed by atoms with Crippen molar-refractivity contribution in [2.45, 2.75) is 44.7 Å². The molecule has 0 radical (unpaired) electrons. The number of nitrogens with two attached hydrogens (primary N) is 1. The summed E-state index contributed by atoms with van der Waals surface area (Å²) in [4.78, 5) is 9.50. The van der Waals surface area contributed by atoms with Crippen molar-refractivity contribution < 1.29 is 0 Å². The largest absolute Gasteiger partial charge is 0.351 e. The minimum absolute atomic E-state index is 0.269. The van der Waals surface area contributed by atoms with Crippen LogP contribution in [0.2, 0.25) is 0 Å². The van der Waals surface area contributed by atoms with E-state index < -0.39 is 0 Å². The van der Waals surface area contributed by atoms with E-state index in [1.165, 1.54) is 10.9 Å². The normalized spacial score (nSPS) is 19.1. The highest BCUT2D eigenvalue weighted by Crippen LogP contribution is 2.33. The van der Waals surface area contributed by atoms with Gasteiger partial charge in [0.1, 0.15) is 0 Å². The SMILES string of the molecule is Cc1cnc(N[C@@H]2CCC[C@H](N)C2)nc1-c1cn(-c2ccccc2)c2ccccc12. The Bertz CT molecular complexity index is 1160. The van der Waals surface area contributed by atoms with E-state index in [-0.39, 0.29) is 6.04 Å². The van der Waals surface area contributed by atoms with E-state index in [4.69, 9.17) is 10.7 Å². The topological polar surface area (TPSA) is 68.8 Å². The first-order valence-corrected chi connectivity index (χ1v) is 10.7. The molecule has 152 valence electrons. The monoisotopic (exact) mass is 397 g/mol. The second kappa shape index (κ2) is 7.92. The standard InChI is InChI=1S/C25H27N5/c1-17-15-27-25(28-19-9-7-8-18(26)14-19)29-24(17)22-16-30(20-10-3-2-4-11-20)23-13-6-5-12-21(22)23/h2-6,10-13,15-16,18-19H,7-9,14,26H2,1H3,(H,27,28,29)/t18-,19+/m0/s1. The van der Waals surface area contributed by atoms with Gasteiger partial charge in [-0.15, -0.1) is 0 Å². The predicted octanol–water partition coefficient (Wildman–Crippen LogP) is 5.08. The zero-order valence-corrected chi connectivity index (χ0v) is 17.3. The number of aromatic nitrogens is 3. The van der Waals surface area contributed by atoms with Crippen LogP contribution in [0, 0.1) is 6.92 Å². The van der Waals surface area contributed by atoms with Crippen molar-refractivity contribution in [3.05, 3.63) is 72.6 Å². The Labute approximate surface area is 177 Å². The molecule has 5 rings (SSSR count). The molecule has 0 bridgehead atoms. The van der Waals surface area contributed by atoms with Crippen LogP contribution >= 0.6 is 0 Å². The van der Waals surface area contributed by atoms with Crippen molar-refractivity contribution in [3.8, 4) is 16.9 Å². The third-order valence-electron chi connectivity index (χ3n) is 6.02. The van der Waals surface area contributed by atoms with Gasteiger partial charge in [0.05, 0.1) is 11.2 Å². The minimum Gasteiger partial charge on any atom is -0.351 e. The van der Waals surface area contributed by atoms with Crippen molar-refractivity contribution in [1.29, 1.82) is 0 Å². The van der Waals surface area contributed by atoms with Gasteiger partial charge < -0.3 is 15.6 Å². The lowest BCUT2D eigenvalue weighted by atomic mass is 9.92. The molecule has 2 heterocycles. The summed E-state index contributed by atoms with van der Waals surface area (Å²) in [5.41, 5.74) is 11.6. The van der Waals surface area contributed by atoms with Gasteiger partial charge in [-0.1, -0.05) is 36.4 Å². The first-order chi connectivity index (χ1) is 14.7. The van der Waals surface area contributed by atoms with Crippen LogP contribution in [0.4, 0.5) is 5.95 Å². The smallest absolute Gasteiger partial charge is 0.223 e. The summed E-state index contributed by atoms with van der Waals surface area (Å²) >= 11 is 0.